The Morgan fingerprint density at radius 3 is 2.74 bits per heavy atom. The van der Waals surface area contributed by atoms with Crippen LogP contribution in [0.25, 0.3) is 5.69 Å². The number of hydrogen-bond donors (Lipinski definition) is 0. The van der Waals surface area contributed by atoms with Crippen LogP contribution in [0.5, 0.6) is 5.75 Å². The Labute approximate surface area is 148 Å². The van der Waals surface area contributed by atoms with E-state index in [1.54, 1.807) is 31.3 Å². The topological polar surface area (TPSA) is 39.9 Å². The Hall–Kier alpha value is -1.69. The van der Waals surface area contributed by atoms with E-state index in [0.29, 0.717) is 15.8 Å². The zero-order valence-corrected chi connectivity index (χ0v) is 14.6. The summed E-state index contributed by atoms with van der Waals surface area (Å²) in [5.41, 5.74) is 1.97. The van der Waals surface area contributed by atoms with E-state index in [9.17, 15) is 0 Å². The van der Waals surface area contributed by atoms with Crippen molar-refractivity contribution in [3.63, 3.8) is 0 Å². The van der Waals surface area contributed by atoms with Crippen LogP contribution in [-0.4, -0.2) is 21.9 Å². The van der Waals surface area contributed by atoms with Crippen molar-refractivity contribution in [2.24, 2.45) is 0 Å². The molecule has 0 amide bonds. The van der Waals surface area contributed by atoms with Gasteiger partial charge < -0.3 is 4.74 Å². The van der Waals surface area contributed by atoms with Gasteiger partial charge in [-0.3, -0.25) is 4.57 Å². The summed E-state index contributed by atoms with van der Waals surface area (Å²) in [4.78, 5) is 0. The van der Waals surface area contributed by atoms with Crippen LogP contribution in [0.15, 0.2) is 53.9 Å². The molecular formula is C16H13Cl2N3OS. The Kier molecular flexibility index (Phi) is 5.10. The zero-order chi connectivity index (χ0) is 16.2. The lowest BCUT2D eigenvalue weighted by Crippen LogP contribution is -1.98. The smallest absolute Gasteiger partial charge is 0.196 e. The summed E-state index contributed by atoms with van der Waals surface area (Å²) in [5, 5.41) is 10.1. The van der Waals surface area contributed by atoms with Crippen molar-refractivity contribution in [3.8, 4) is 11.4 Å². The number of para-hydroxylation sites is 2. The normalized spacial score (nSPS) is 10.7. The Morgan fingerprint density at radius 2 is 1.96 bits per heavy atom. The number of benzene rings is 2. The van der Waals surface area contributed by atoms with E-state index in [2.05, 4.69) is 10.2 Å². The summed E-state index contributed by atoms with van der Waals surface area (Å²) in [6.07, 6.45) is 1.68. The van der Waals surface area contributed by atoms with E-state index in [4.69, 9.17) is 27.9 Å². The van der Waals surface area contributed by atoms with Crippen LogP contribution >= 0.6 is 35.0 Å². The first-order valence-electron chi connectivity index (χ1n) is 6.79. The van der Waals surface area contributed by atoms with E-state index in [1.165, 1.54) is 0 Å². The van der Waals surface area contributed by atoms with Gasteiger partial charge in [-0.2, -0.15) is 0 Å². The molecule has 2 aromatic carbocycles. The maximum Gasteiger partial charge on any atom is 0.196 e. The second-order valence-corrected chi connectivity index (χ2v) is 6.45. The highest BCUT2D eigenvalue weighted by atomic mass is 35.5. The van der Waals surface area contributed by atoms with E-state index in [-0.39, 0.29) is 0 Å². The van der Waals surface area contributed by atoms with Gasteiger partial charge in [0, 0.05) is 5.75 Å². The van der Waals surface area contributed by atoms with E-state index < -0.39 is 0 Å². The van der Waals surface area contributed by atoms with Crippen molar-refractivity contribution in [3.05, 3.63) is 64.4 Å². The molecule has 0 unspecified atom stereocenters. The molecule has 0 fully saturated rings. The van der Waals surface area contributed by atoms with Crippen LogP contribution < -0.4 is 4.74 Å². The molecule has 0 radical (unpaired) electrons. The zero-order valence-electron chi connectivity index (χ0n) is 12.2. The van der Waals surface area contributed by atoms with Crippen molar-refractivity contribution in [1.82, 2.24) is 14.8 Å². The fraction of sp³-hybridized carbons (Fsp3) is 0.125. The molecule has 23 heavy (non-hydrogen) atoms. The Bertz CT molecular complexity index is 823. The summed E-state index contributed by atoms with van der Waals surface area (Å²) in [5.74, 6) is 1.48. The summed E-state index contributed by atoms with van der Waals surface area (Å²) >= 11 is 13.6. The quantitative estimate of drug-likeness (QED) is 0.604. The highest BCUT2D eigenvalue weighted by molar-refractivity contribution is 7.98. The van der Waals surface area contributed by atoms with Gasteiger partial charge in [0.1, 0.15) is 12.1 Å². The van der Waals surface area contributed by atoms with Crippen molar-refractivity contribution in [2.75, 3.05) is 7.11 Å². The number of methoxy groups -OCH3 is 1. The molecule has 4 nitrogen and oxygen atoms in total. The molecule has 7 heteroatoms. The molecule has 3 rings (SSSR count). The van der Waals surface area contributed by atoms with Crippen LogP contribution in [-0.2, 0) is 5.75 Å². The van der Waals surface area contributed by atoms with Gasteiger partial charge in [0.25, 0.3) is 0 Å². The maximum atomic E-state index is 6.05. The minimum Gasteiger partial charge on any atom is -0.495 e. The fourth-order valence-corrected chi connectivity index (χ4v) is 3.28. The number of rotatable bonds is 5. The van der Waals surface area contributed by atoms with Gasteiger partial charge in [-0.15, -0.1) is 10.2 Å². The summed E-state index contributed by atoms with van der Waals surface area (Å²) in [6, 6.07) is 13.4. The minimum atomic E-state index is 0.552. The van der Waals surface area contributed by atoms with Crippen molar-refractivity contribution in [2.45, 2.75) is 10.9 Å². The first-order valence-corrected chi connectivity index (χ1v) is 8.53. The molecule has 0 aliphatic carbocycles. The third-order valence-corrected chi connectivity index (χ3v) is 4.97. The molecule has 0 aliphatic heterocycles. The van der Waals surface area contributed by atoms with Crippen LogP contribution in [0.2, 0.25) is 10.0 Å². The van der Waals surface area contributed by atoms with E-state index in [1.807, 2.05) is 41.0 Å². The first kappa shape index (κ1) is 16.2. The van der Waals surface area contributed by atoms with Gasteiger partial charge in [0.2, 0.25) is 0 Å². The highest BCUT2D eigenvalue weighted by Gasteiger charge is 2.11. The molecule has 0 bridgehead atoms. The van der Waals surface area contributed by atoms with Crippen LogP contribution in [0.3, 0.4) is 0 Å². The number of ether oxygens (including phenoxy) is 1. The predicted octanol–water partition coefficient (Wildman–Crippen LogP) is 4.88. The Morgan fingerprint density at radius 1 is 1.13 bits per heavy atom. The molecule has 3 aromatic rings. The second-order valence-electron chi connectivity index (χ2n) is 4.69. The highest BCUT2D eigenvalue weighted by Crippen LogP contribution is 2.30. The molecular weight excluding hydrogens is 353 g/mol. The maximum absolute atomic E-state index is 6.05. The molecule has 1 aromatic heterocycles. The van der Waals surface area contributed by atoms with Crippen LogP contribution in [0.4, 0.5) is 0 Å². The second kappa shape index (κ2) is 7.25. The number of halogens is 2. The largest absolute Gasteiger partial charge is 0.495 e. The standard InChI is InChI=1S/C16H13Cl2N3OS/c1-22-15-5-3-2-4-14(15)21-10-19-20-16(21)23-9-11-6-7-12(17)13(18)8-11/h2-8,10H,9H2,1H3. The van der Waals surface area contributed by atoms with Gasteiger partial charge in [-0.05, 0) is 29.8 Å². The van der Waals surface area contributed by atoms with Crippen LogP contribution in [0, 0.1) is 0 Å². The third-order valence-electron chi connectivity index (χ3n) is 3.21. The molecule has 118 valence electrons. The lowest BCUT2D eigenvalue weighted by Gasteiger charge is -2.10. The SMILES string of the molecule is COc1ccccc1-n1cnnc1SCc1ccc(Cl)c(Cl)c1. The van der Waals surface area contributed by atoms with E-state index >= 15 is 0 Å². The first-order chi connectivity index (χ1) is 11.2. The van der Waals surface area contributed by atoms with Crippen molar-refractivity contribution in [1.29, 1.82) is 0 Å². The molecule has 0 saturated carbocycles. The third kappa shape index (κ3) is 3.63. The molecule has 0 atom stereocenters. The predicted molar refractivity (Wildman–Crippen MR) is 93.9 cm³/mol. The van der Waals surface area contributed by atoms with E-state index in [0.717, 1.165) is 22.2 Å². The van der Waals surface area contributed by atoms with Gasteiger partial charge in [-0.25, -0.2) is 0 Å². The lowest BCUT2D eigenvalue weighted by atomic mass is 10.2. The van der Waals surface area contributed by atoms with Gasteiger partial charge >= 0.3 is 0 Å². The number of thioether (sulfide) groups is 1. The minimum absolute atomic E-state index is 0.552. The lowest BCUT2D eigenvalue weighted by molar-refractivity contribution is 0.412. The Balaban J connectivity index is 1.82. The molecule has 0 saturated heterocycles. The van der Waals surface area contributed by atoms with Crippen molar-refractivity contribution < 1.29 is 4.74 Å². The number of hydrogen-bond acceptors (Lipinski definition) is 4. The monoisotopic (exact) mass is 365 g/mol. The average molecular weight is 366 g/mol. The van der Waals surface area contributed by atoms with Gasteiger partial charge in [0.15, 0.2) is 5.16 Å². The fourth-order valence-electron chi connectivity index (χ4n) is 2.09. The summed E-state index contributed by atoms with van der Waals surface area (Å²) in [7, 11) is 1.64. The van der Waals surface area contributed by atoms with Gasteiger partial charge in [0.05, 0.1) is 22.8 Å². The molecule has 0 aliphatic rings. The molecule has 1 heterocycles. The van der Waals surface area contributed by atoms with Crippen LogP contribution in [0.1, 0.15) is 5.56 Å². The number of aromatic nitrogens is 3. The summed E-state index contributed by atoms with van der Waals surface area (Å²) in [6.45, 7) is 0. The average Bonchev–Trinajstić information content (AvgIpc) is 3.04. The number of nitrogens with zero attached hydrogens (tertiary/aromatic N) is 3. The molecule has 0 N–H and O–H groups in total. The van der Waals surface area contributed by atoms with Crippen molar-refractivity contribution >= 4 is 35.0 Å². The summed E-state index contributed by atoms with van der Waals surface area (Å²) < 4.78 is 7.30. The molecule has 0 spiro atoms. The van der Waals surface area contributed by atoms with Gasteiger partial charge in [-0.1, -0.05) is 53.2 Å².